The van der Waals surface area contributed by atoms with Gasteiger partial charge in [0.25, 0.3) is 0 Å². The molecule has 1 fully saturated rings. The van der Waals surface area contributed by atoms with E-state index < -0.39 is 0 Å². The van der Waals surface area contributed by atoms with Crippen LogP contribution < -0.4 is 5.32 Å². The molecule has 0 amide bonds. The van der Waals surface area contributed by atoms with E-state index in [0.717, 1.165) is 38.4 Å². The summed E-state index contributed by atoms with van der Waals surface area (Å²) in [5, 5.41) is 7.18. The summed E-state index contributed by atoms with van der Waals surface area (Å²) >= 11 is 0. The summed E-state index contributed by atoms with van der Waals surface area (Å²) in [6.07, 6.45) is 0.517. The van der Waals surface area contributed by atoms with Crippen LogP contribution in [0.5, 0.6) is 0 Å². The number of aromatic nitrogens is 2. The molecule has 0 radical (unpaired) electrons. The predicted octanol–water partition coefficient (Wildman–Crippen LogP) is 1.93. The van der Waals surface area contributed by atoms with E-state index in [1.807, 2.05) is 0 Å². The monoisotopic (exact) mass is 320 g/mol. The van der Waals surface area contributed by atoms with E-state index in [-0.39, 0.29) is 11.9 Å². The number of morpholine rings is 1. The number of anilines is 1. The van der Waals surface area contributed by atoms with Gasteiger partial charge in [-0.15, -0.1) is 0 Å². The van der Waals surface area contributed by atoms with Gasteiger partial charge in [0.05, 0.1) is 13.2 Å². The Labute approximate surface area is 134 Å². The summed E-state index contributed by atoms with van der Waals surface area (Å²) in [7, 11) is 0. The first-order chi connectivity index (χ1) is 11.2. The van der Waals surface area contributed by atoms with E-state index >= 15 is 0 Å². The number of hydrogen-bond donors (Lipinski definition) is 1. The molecule has 0 bridgehead atoms. The quantitative estimate of drug-likeness (QED) is 0.877. The lowest BCUT2D eigenvalue weighted by Gasteiger charge is -2.28. The Balaban J connectivity index is 1.51. The number of halogens is 1. The van der Waals surface area contributed by atoms with Crippen LogP contribution in [0.25, 0.3) is 0 Å². The summed E-state index contributed by atoms with van der Waals surface area (Å²) in [4.78, 5) is 6.68. The van der Waals surface area contributed by atoms with Crippen LogP contribution in [-0.2, 0) is 11.2 Å². The Morgan fingerprint density at radius 2 is 2.00 bits per heavy atom. The minimum atomic E-state index is -0.249. The minimum absolute atomic E-state index is 0.201. The zero-order valence-corrected chi connectivity index (χ0v) is 13.2. The van der Waals surface area contributed by atoms with E-state index in [0.29, 0.717) is 18.3 Å². The van der Waals surface area contributed by atoms with Crippen molar-refractivity contribution in [3.8, 4) is 0 Å². The Kier molecular flexibility index (Phi) is 5.19. The molecular formula is C16H21FN4O2. The molecular weight excluding hydrogens is 299 g/mol. The van der Waals surface area contributed by atoms with Crippen molar-refractivity contribution >= 4 is 6.01 Å². The minimum Gasteiger partial charge on any atom is -0.379 e. The highest BCUT2D eigenvalue weighted by atomic mass is 19.1. The number of rotatable bonds is 6. The van der Waals surface area contributed by atoms with E-state index in [2.05, 4.69) is 27.3 Å². The summed E-state index contributed by atoms with van der Waals surface area (Å²) in [6, 6.07) is 6.92. The molecule has 23 heavy (non-hydrogen) atoms. The molecule has 1 aliphatic rings. The molecule has 3 rings (SSSR count). The maximum atomic E-state index is 12.9. The maximum Gasteiger partial charge on any atom is 0.321 e. The molecule has 2 heterocycles. The Morgan fingerprint density at radius 3 is 2.74 bits per heavy atom. The smallest absolute Gasteiger partial charge is 0.321 e. The second kappa shape index (κ2) is 7.52. The third-order valence-electron chi connectivity index (χ3n) is 3.75. The Hall–Kier alpha value is -1.99. The number of benzene rings is 1. The summed E-state index contributed by atoms with van der Waals surface area (Å²) in [6.45, 7) is 6.46. The van der Waals surface area contributed by atoms with Crippen LogP contribution in [0.2, 0.25) is 0 Å². The highest BCUT2D eigenvalue weighted by molar-refractivity contribution is 5.24. The standard InChI is InChI=1S/C16H21FN4O2/c1-12(11-21-6-8-22-9-7-21)18-16-19-15(20-23-16)10-13-2-4-14(17)5-3-13/h2-5,12H,6-11H2,1H3,(H,18,19,20)/t12-/m0/s1. The first-order valence-electron chi connectivity index (χ1n) is 7.83. The van der Waals surface area contributed by atoms with Crippen molar-refractivity contribution in [1.29, 1.82) is 0 Å². The number of nitrogens with one attached hydrogen (secondary N) is 1. The molecule has 124 valence electrons. The van der Waals surface area contributed by atoms with Crippen molar-refractivity contribution in [3.63, 3.8) is 0 Å². The van der Waals surface area contributed by atoms with Gasteiger partial charge in [0.15, 0.2) is 5.82 Å². The zero-order valence-electron chi connectivity index (χ0n) is 13.2. The lowest BCUT2D eigenvalue weighted by molar-refractivity contribution is 0.0367. The van der Waals surface area contributed by atoms with Gasteiger partial charge in [0.1, 0.15) is 5.82 Å². The molecule has 1 N–H and O–H groups in total. The van der Waals surface area contributed by atoms with Crippen LogP contribution in [0, 0.1) is 5.82 Å². The Morgan fingerprint density at radius 1 is 1.26 bits per heavy atom. The van der Waals surface area contributed by atoms with E-state index in [1.54, 1.807) is 12.1 Å². The first kappa shape index (κ1) is 15.9. The number of ether oxygens (including phenoxy) is 1. The maximum absolute atomic E-state index is 12.9. The zero-order chi connectivity index (χ0) is 16.1. The van der Waals surface area contributed by atoms with Crippen molar-refractivity contribution in [2.75, 3.05) is 38.2 Å². The SMILES string of the molecule is C[C@@H](CN1CCOCC1)Nc1nc(Cc2ccc(F)cc2)no1. The van der Waals surface area contributed by atoms with Gasteiger partial charge in [-0.2, -0.15) is 4.98 Å². The third-order valence-corrected chi connectivity index (χ3v) is 3.75. The summed E-state index contributed by atoms with van der Waals surface area (Å²) in [5.41, 5.74) is 0.945. The normalized spacial score (nSPS) is 17.1. The molecule has 1 aromatic heterocycles. The fourth-order valence-corrected chi connectivity index (χ4v) is 2.60. The lowest BCUT2D eigenvalue weighted by atomic mass is 10.1. The van der Waals surface area contributed by atoms with Crippen molar-refractivity contribution in [3.05, 3.63) is 41.5 Å². The lowest BCUT2D eigenvalue weighted by Crippen LogP contribution is -2.42. The van der Waals surface area contributed by atoms with Crippen LogP contribution in [0.15, 0.2) is 28.8 Å². The van der Waals surface area contributed by atoms with Gasteiger partial charge in [-0.05, 0) is 24.6 Å². The third kappa shape index (κ3) is 4.74. The summed E-state index contributed by atoms with van der Waals surface area (Å²) in [5.74, 6) is 0.332. The van der Waals surface area contributed by atoms with Gasteiger partial charge in [0.2, 0.25) is 0 Å². The fraction of sp³-hybridized carbons (Fsp3) is 0.500. The highest BCUT2D eigenvalue weighted by Crippen LogP contribution is 2.11. The van der Waals surface area contributed by atoms with Crippen LogP contribution >= 0.6 is 0 Å². The van der Waals surface area contributed by atoms with Gasteiger partial charge >= 0.3 is 6.01 Å². The molecule has 2 aromatic rings. The van der Waals surface area contributed by atoms with Crippen molar-refractivity contribution in [2.45, 2.75) is 19.4 Å². The van der Waals surface area contributed by atoms with Gasteiger partial charge < -0.3 is 14.6 Å². The number of nitrogens with zero attached hydrogens (tertiary/aromatic N) is 3. The van der Waals surface area contributed by atoms with Gasteiger partial charge in [-0.1, -0.05) is 17.3 Å². The van der Waals surface area contributed by atoms with Gasteiger partial charge in [-0.3, -0.25) is 4.90 Å². The molecule has 6 nitrogen and oxygen atoms in total. The molecule has 1 aliphatic heterocycles. The van der Waals surface area contributed by atoms with Crippen LogP contribution in [-0.4, -0.2) is 53.9 Å². The average Bonchev–Trinajstić information content (AvgIpc) is 2.97. The number of hydrogen-bond acceptors (Lipinski definition) is 6. The molecule has 0 spiro atoms. The fourth-order valence-electron chi connectivity index (χ4n) is 2.60. The first-order valence-corrected chi connectivity index (χ1v) is 7.83. The molecule has 7 heteroatoms. The second-order valence-electron chi connectivity index (χ2n) is 5.78. The average molecular weight is 320 g/mol. The van der Waals surface area contributed by atoms with Gasteiger partial charge in [-0.25, -0.2) is 4.39 Å². The second-order valence-corrected chi connectivity index (χ2v) is 5.78. The van der Waals surface area contributed by atoms with Gasteiger partial charge in [0, 0.05) is 32.1 Å². The molecule has 1 saturated heterocycles. The van der Waals surface area contributed by atoms with Crippen LogP contribution in [0.1, 0.15) is 18.3 Å². The molecule has 1 aromatic carbocycles. The van der Waals surface area contributed by atoms with Crippen molar-refractivity contribution in [2.24, 2.45) is 0 Å². The van der Waals surface area contributed by atoms with Crippen molar-refractivity contribution in [1.82, 2.24) is 15.0 Å². The van der Waals surface area contributed by atoms with Crippen molar-refractivity contribution < 1.29 is 13.7 Å². The predicted molar refractivity (Wildman–Crippen MR) is 83.8 cm³/mol. The topological polar surface area (TPSA) is 63.4 Å². The van der Waals surface area contributed by atoms with Crippen LogP contribution in [0.4, 0.5) is 10.4 Å². The largest absolute Gasteiger partial charge is 0.379 e. The Bertz CT molecular complexity index is 611. The summed E-state index contributed by atoms with van der Waals surface area (Å²) < 4.78 is 23.5. The van der Waals surface area contributed by atoms with E-state index in [9.17, 15) is 4.39 Å². The molecule has 0 aliphatic carbocycles. The highest BCUT2D eigenvalue weighted by Gasteiger charge is 2.15. The molecule has 0 saturated carbocycles. The van der Waals surface area contributed by atoms with Crippen LogP contribution in [0.3, 0.4) is 0 Å². The molecule has 0 unspecified atom stereocenters. The van der Waals surface area contributed by atoms with E-state index in [1.165, 1.54) is 12.1 Å². The van der Waals surface area contributed by atoms with E-state index in [4.69, 9.17) is 9.26 Å². The molecule has 1 atom stereocenters.